The van der Waals surface area contributed by atoms with Gasteiger partial charge in [-0.05, 0) is 222 Å². The highest BCUT2D eigenvalue weighted by atomic mass is 16.6. The predicted molar refractivity (Wildman–Crippen MR) is 367 cm³/mol. The highest BCUT2D eigenvalue weighted by Gasteiger charge is 2.33. The molecule has 0 amide bonds. The molecule has 0 fully saturated rings. The minimum atomic E-state index is -0.365. The van der Waals surface area contributed by atoms with Gasteiger partial charge in [-0.1, -0.05) is 222 Å². The van der Waals surface area contributed by atoms with Gasteiger partial charge in [0.1, 0.15) is 0 Å². The number of hydrogen-bond acceptors (Lipinski definition) is 4. The van der Waals surface area contributed by atoms with Gasteiger partial charge in [0.25, 0.3) is 11.4 Å². The van der Waals surface area contributed by atoms with Crippen molar-refractivity contribution >= 4 is 86.8 Å². The van der Waals surface area contributed by atoms with E-state index in [4.69, 9.17) is 0 Å². The number of nitro groups is 2. The molecular weight excluding hydrogens is 1050 g/mol. The van der Waals surface area contributed by atoms with Crippen molar-refractivity contribution in [3.05, 3.63) is 211 Å². The first-order valence-electron chi connectivity index (χ1n) is 30.5. The van der Waals surface area contributed by atoms with E-state index in [0.29, 0.717) is 0 Å². The monoisotopic (exact) mass is 1130 g/mol. The Morgan fingerprint density at radius 2 is 0.442 bits per heavy atom. The van der Waals surface area contributed by atoms with Crippen molar-refractivity contribution in [3.8, 4) is 44.5 Å². The first-order valence-corrected chi connectivity index (χ1v) is 30.5. The van der Waals surface area contributed by atoms with E-state index in [2.05, 4.69) is 246 Å². The van der Waals surface area contributed by atoms with Crippen molar-refractivity contribution in [2.45, 2.75) is 157 Å². The second kappa shape index (κ2) is 19.5. The lowest BCUT2D eigenvalue weighted by atomic mass is 9.73. The predicted octanol–water partition coefficient (Wildman–Crippen LogP) is 23.5. The molecule has 0 heterocycles. The van der Waals surface area contributed by atoms with Gasteiger partial charge < -0.3 is 0 Å². The highest BCUT2D eigenvalue weighted by molar-refractivity contribution is 6.47. The number of benzene rings is 12. The van der Waals surface area contributed by atoms with Gasteiger partial charge >= 0.3 is 0 Å². The Labute approximate surface area is 506 Å². The summed E-state index contributed by atoms with van der Waals surface area (Å²) in [6, 6.07) is 56.6. The summed E-state index contributed by atoms with van der Waals surface area (Å²) in [4.78, 5) is 25.9. The SMILES string of the molecule is CC(C)(C)c1ccc(-c2c3ccc([N+](=O)[O-])cc3c(-c3ccc(C(C)(C)C)cc3)c3c4cc(C(C)(C)C)cc5c6c(-c7ccc(C(C)(C)C)cc7)c7ccc([N+](=O)[O-])cc7c(-c7ccc(C(C)(C)C)cc7)c6c6cc(C(C)(C)C)cc(c23)c6c54)cc1. The van der Waals surface area contributed by atoms with Crippen molar-refractivity contribution < 1.29 is 9.85 Å². The standard InChI is InChI=1S/C80H80N2O4/c1-75(2,3)49-27-19-45(20-28-49)65-57-37-35-55(81(83)84)43-59(57)67(47-23-31-51(32-24-47)77(7,8)9)73-63-41-54(80(16,17)18)40-62-70(63)69-61(71(65)73)39-53(79(13,14)15)42-64(69)74-68(48-25-33-52(34-26-48)78(10,11)12)60-44-56(82(85)86)36-38-58(60)66(72(62)74)46-21-29-50(30-22-46)76(4,5)6/h19-44H,1-18H3. The van der Waals surface area contributed by atoms with Gasteiger partial charge in [-0.3, -0.25) is 20.2 Å². The van der Waals surface area contributed by atoms with E-state index in [1.165, 1.54) is 22.3 Å². The average molecular weight is 1130 g/mol. The highest BCUT2D eigenvalue weighted by Crippen LogP contribution is 2.58. The van der Waals surface area contributed by atoms with Crippen LogP contribution in [0.15, 0.2) is 158 Å². The lowest BCUT2D eigenvalue weighted by molar-refractivity contribution is -0.384. The van der Waals surface area contributed by atoms with Crippen LogP contribution in [-0.2, 0) is 32.5 Å². The molecular formula is C80H80N2O4. The Balaban J connectivity index is 1.47. The van der Waals surface area contributed by atoms with E-state index in [-0.39, 0.29) is 53.7 Å². The summed E-state index contributed by atoms with van der Waals surface area (Å²) in [6.45, 7) is 40.5. The van der Waals surface area contributed by atoms with Crippen LogP contribution in [0, 0.1) is 20.2 Å². The van der Waals surface area contributed by atoms with Crippen LogP contribution in [0.4, 0.5) is 11.4 Å². The molecule has 0 aromatic heterocycles. The zero-order valence-electron chi connectivity index (χ0n) is 53.5. The second-order valence-electron chi connectivity index (χ2n) is 30.7. The molecule has 86 heavy (non-hydrogen) atoms. The molecule has 12 rings (SSSR count). The molecule has 0 bridgehead atoms. The molecule has 0 aliphatic carbocycles. The fourth-order valence-corrected chi connectivity index (χ4v) is 13.5. The van der Waals surface area contributed by atoms with Gasteiger partial charge in [0.15, 0.2) is 0 Å². The smallest absolute Gasteiger partial charge is 0.258 e. The Bertz CT molecular complexity index is 4480. The van der Waals surface area contributed by atoms with Crippen molar-refractivity contribution in [2.75, 3.05) is 0 Å². The van der Waals surface area contributed by atoms with Crippen LogP contribution in [0.3, 0.4) is 0 Å². The molecule has 6 nitrogen and oxygen atoms in total. The number of nitro benzene ring substituents is 2. The molecule has 12 aromatic carbocycles. The lowest BCUT2D eigenvalue weighted by Crippen LogP contribution is -2.12. The normalized spacial score (nSPS) is 13.2. The molecule has 0 saturated carbocycles. The zero-order chi connectivity index (χ0) is 61.9. The summed E-state index contributed by atoms with van der Waals surface area (Å²) in [5.74, 6) is 0. The van der Waals surface area contributed by atoms with Gasteiger partial charge in [0, 0.05) is 24.3 Å². The third-order valence-corrected chi connectivity index (χ3v) is 18.5. The molecule has 0 radical (unpaired) electrons. The zero-order valence-corrected chi connectivity index (χ0v) is 53.5. The molecule has 0 aliphatic heterocycles. The maximum Gasteiger partial charge on any atom is 0.270 e. The largest absolute Gasteiger partial charge is 0.270 e. The summed E-state index contributed by atoms with van der Waals surface area (Å²) < 4.78 is 0. The number of hydrogen-bond donors (Lipinski definition) is 0. The minimum Gasteiger partial charge on any atom is -0.258 e. The van der Waals surface area contributed by atoms with Crippen molar-refractivity contribution in [1.29, 1.82) is 0 Å². The first kappa shape index (κ1) is 57.9. The van der Waals surface area contributed by atoms with Gasteiger partial charge in [-0.25, -0.2) is 0 Å². The maximum absolute atomic E-state index is 13.2. The molecule has 0 unspecified atom stereocenters. The molecule has 0 spiro atoms. The van der Waals surface area contributed by atoms with Crippen LogP contribution in [0.25, 0.3) is 120 Å². The Kier molecular flexibility index (Phi) is 13.1. The summed E-state index contributed by atoms with van der Waals surface area (Å²) in [7, 11) is 0. The number of fused-ring (bicyclic) bond motifs is 8. The van der Waals surface area contributed by atoms with Crippen LogP contribution >= 0.6 is 0 Å². The Morgan fingerprint density at radius 1 is 0.233 bits per heavy atom. The second-order valence-corrected chi connectivity index (χ2v) is 30.7. The van der Waals surface area contributed by atoms with Crippen LogP contribution in [0.2, 0.25) is 0 Å². The van der Waals surface area contributed by atoms with E-state index < -0.39 is 0 Å². The third kappa shape index (κ3) is 9.55. The lowest BCUT2D eigenvalue weighted by Gasteiger charge is -2.30. The molecule has 0 saturated heterocycles. The Hall–Kier alpha value is -8.48. The van der Waals surface area contributed by atoms with Gasteiger partial charge in [0.2, 0.25) is 0 Å². The molecule has 0 aliphatic rings. The van der Waals surface area contributed by atoms with E-state index in [0.717, 1.165) is 131 Å². The van der Waals surface area contributed by atoms with Gasteiger partial charge in [-0.2, -0.15) is 0 Å². The fraction of sp³-hybridized carbons (Fsp3) is 0.300. The third-order valence-electron chi connectivity index (χ3n) is 18.5. The summed E-state index contributed by atoms with van der Waals surface area (Å²) >= 11 is 0. The van der Waals surface area contributed by atoms with Crippen LogP contribution < -0.4 is 0 Å². The molecule has 434 valence electrons. The number of rotatable bonds is 6. The van der Waals surface area contributed by atoms with Crippen molar-refractivity contribution in [2.24, 2.45) is 0 Å². The topological polar surface area (TPSA) is 86.3 Å². The van der Waals surface area contributed by atoms with Gasteiger partial charge in [0.05, 0.1) is 9.85 Å². The summed E-state index contributed by atoms with van der Waals surface area (Å²) in [5, 5.41) is 40.6. The van der Waals surface area contributed by atoms with Crippen LogP contribution in [-0.4, -0.2) is 9.85 Å². The molecule has 0 atom stereocenters. The van der Waals surface area contributed by atoms with Gasteiger partial charge in [-0.15, -0.1) is 0 Å². The quantitative estimate of drug-likeness (QED) is 0.0718. The maximum atomic E-state index is 13.2. The van der Waals surface area contributed by atoms with E-state index >= 15 is 0 Å². The van der Waals surface area contributed by atoms with E-state index in [1.807, 2.05) is 24.3 Å². The fourth-order valence-electron chi connectivity index (χ4n) is 13.5. The van der Waals surface area contributed by atoms with E-state index in [1.54, 1.807) is 12.1 Å². The number of nitrogens with zero attached hydrogens (tertiary/aromatic N) is 2. The molecule has 0 N–H and O–H groups in total. The van der Waals surface area contributed by atoms with Crippen molar-refractivity contribution in [3.63, 3.8) is 0 Å². The summed E-state index contributed by atoms with van der Waals surface area (Å²) in [6.07, 6.45) is 0. The van der Waals surface area contributed by atoms with Crippen LogP contribution in [0.1, 0.15) is 158 Å². The molecule has 12 aromatic rings. The average Bonchev–Trinajstić information content (AvgIpc) is 0.674. The van der Waals surface area contributed by atoms with Crippen LogP contribution in [0.5, 0.6) is 0 Å². The van der Waals surface area contributed by atoms with Crippen molar-refractivity contribution in [1.82, 2.24) is 0 Å². The number of non-ortho nitro benzene ring substituents is 2. The Morgan fingerprint density at radius 3 is 0.640 bits per heavy atom. The van der Waals surface area contributed by atoms with E-state index in [9.17, 15) is 20.2 Å². The summed E-state index contributed by atoms with van der Waals surface area (Å²) in [5.41, 5.74) is 13.9. The molecule has 6 heteroatoms. The first-order chi connectivity index (χ1) is 40.1. The minimum absolute atomic E-state index is 0.0317.